The Morgan fingerprint density at radius 1 is 0.300 bits per heavy atom. The first-order chi connectivity index (χ1) is 39.5. The summed E-state index contributed by atoms with van der Waals surface area (Å²) in [5.74, 6) is -0.000602. The Bertz CT molecular complexity index is 1160. The van der Waals surface area contributed by atoms with E-state index in [1.165, 1.54) is 366 Å². The number of carbonyl (C=O) groups excluding carboxylic acids is 2. The Morgan fingerprint density at radius 3 is 0.762 bits per heavy atom. The smallest absolute Gasteiger partial charge is 0.305 e. The predicted octanol–water partition coefficient (Wildman–Crippen LogP) is 24.2. The third-order valence-electron chi connectivity index (χ3n) is 17.9. The summed E-state index contributed by atoms with van der Waals surface area (Å²) in [6, 6.07) is -0.533. The molecule has 0 aliphatic heterocycles. The molecule has 0 aromatic heterocycles. The van der Waals surface area contributed by atoms with E-state index < -0.39 is 12.1 Å². The van der Waals surface area contributed by atoms with Crippen LogP contribution >= 0.6 is 0 Å². The van der Waals surface area contributed by atoms with Crippen molar-refractivity contribution in [2.45, 2.75) is 450 Å². The molecule has 0 aliphatic rings. The predicted molar refractivity (Wildman–Crippen MR) is 352 cm³/mol. The molecule has 2 atom stereocenters. The van der Waals surface area contributed by atoms with Crippen LogP contribution in [0.1, 0.15) is 438 Å². The van der Waals surface area contributed by atoms with Gasteiger partial charge in [-0.2, -0.15) is 0 Å². The van der Waals surface area contributed by atoms with Crippen LogP contribution in [0.2, 0.25) is 0 Å². The topological polar surface area (TPSA) is 95.9 Å². The fraction of sp³-hybridized carbons (Fsp3) is 0.973. The molecule has 2 unspecified atom stereocenters. The Balaban J connectivity index is 3.24. The van der Waals surface area contributed by atoms with Crippen LogP contribution in [0, 0.1) is 0 Å². The molecule has 0 radical (unpaired) electrons. The zero-order valence-electron chi connectivity index (χ0n) is 54.9. The molecule has 0 rings (SSSR count). The second-order valence-electron chi connectivity index (χ2n) is 26.0. The Labute approximate surface area is 502 Å². The van der Waals surface area contributed by atoms with Gasteiger partial charge in [-0.1, -0.05) is 399 Å². The number of hydrogen-bond acceptors (Lipinski definition) is 5. The number of amides is 1. The maximum atomic E-state index is 12.4. The summed E-state index contributed by atoms with van der Waals surface area (Å²) in [6.45, 7) is 4.98. The number of rotatable bonds is 71. The van der Waals surface area contributed by atoms with Crippen LogP contribution in [-0.4, -0.2) is 47.4 Å². The summed E-state index contributed by atoms with van der Waals surface area (Å²) in [7, 11) is 0. The second kappa shape index (κ2) is 70.3. The molecular weight excluding hydrogens is 983 g/mol. The molecule has 0 bridgehead atoms. The molecule has 0 saturated heterocycles. The van der Waals surface area contributed by atoms with Gasteiger partial charge in [-0.25, -0.2) is 0 Å². The molecule has 1 amide bonds. The highest BCUT2D eigenvalue weighted by Gasteiger charge is 2.20. The molecule has 0 aliphatic carbocycles. The van der Waals surface area contributed by atoms with Gasteiger partial charge in [0.15, 0.2) is 0 Å². The van der Waals surface area contributed by atoms with Crippen molar-refractivity contribution in [2.24, 2.45) is 0 Å². The second-order valence-corrected chi connectivity index (χ2v) is 26.0. The molecule has 3 N–H and O–H groups in total. The summed E-state index contributed by atoms with van der Waals surface area (Å²) >= 11 is 0. The summed E-state index contributed by atoms with van der Waals surface area (Å²) in [4.78, 5) is 24.5. The monoisotopic (exact) mass is 1130 g/mol. The van der Waals surface area contributed by atoms with Crippen molar-refractivity contribution in [1.29, 1.82) is 0 Å². The van der Waals surface area contributed by atoms with Crippen molar-refractivity contribution >= 4 is 11.9 Å². The lowest BCUT2D eigenvalue weighted by Gasteiger charge is -2.22. The van der Waals surface area contributed by atoms with Gasteiger partial charge in [-0.05, 0) is 25.7 Å². The molecule has 6 nitrogen and oxygen atoms in total. The number of carbonyl (C=O) groups is 2. The Hall–Kier alpha value is -1.14. The number of aliphatic hydroxyl groups excluding tert-OH is 2. The highest BCUT2D eigenvalue weighted by Crippen LogP contribution is 2.20. The van der Waals surface area contributed by atoms with Gasteiger partial charge in [-0.3, -0.25) is 9.59 Å². The Kier molecular flexibility index (Phi) is 69.3. The maximum absolute atomic E-state index is 12.4. The molecule has 0 saturated carbocycles. The third kappa shape index (κ3) is 66.0. The number of hydrogen-bond donors (Lipinski definition) is 3. The number of unbranched alkanes of at least 4 members (excludes halogenated alkanes) is 60. The van der Waals surface area contributed by atoms with E-state index in [0.717, 1.165) is 38.5 Å². The van der Waals surface area contributed by atoms with Crippen molar-refractivity contribution in [3.05, 3.63) is 0 Å². The van der Waals surface area contributed by atoms with Gasteiger partial charge in [0.2, 0.25) is 5.91 Å². The van der Waals surface area contributed by atoms with Crippen LogP contribution in [0.4, 0.5) is 0 Å². The summed E-state index contributed by atoms with van der Waals surface area (Å²) < 4.78 is 5.51. The lowest BCUT2D eigenvalue weighted by molar-refractivity contribution is -0.143. The average Bonchev–Trinajstić information content (AvgIpc) is 3.46. The van der Waals surface area contributed by atoms with Gasteiger partial charge in [0.1, 0.15) is 0 Å². The van der Waals surface area contributed by atoms with Crippen LogP contribution in [0.5, 0.6) is 0 Å². The van der Waals surface area contributed by atoms with E-state index in [1.54, 1.807) is 0 Å². The van der Waals surface area contributed by atoms with Crippen molar-refractivity contribution < 1.29 is 24.5 Å². The van der Waals surface area contributed by atoms with Crippen LogP contribution in [0.25, 0.3) is 0 Å². The molecule has 80 heavy (non-hydrogen) atoms. The summed E-state index contributed by atoms with van der Waals surface area (Å²) in [5.41, 5.74) is 0. The molecule has 0 aromatic carbocycles. The molecule has 0 aromatic rings. The quantitative estimate of drug-likeness (QED) is 0.0417. The average molecular weight is 1130 g/mol. The van der Waals surface area contributed by atoms with Gasteiger partial charge in [0.25, 0.3) is 0 Å². The maximum Gasteiger partial charge on any atom is 0.305 e. The molecule has 478 valence electrons. The van der Waals surface area contributed by atoms with E-state index in [1.807, 2.05) is 0 Å². The summed E-state index contributed by atoms with van der Waals surface area (Å²) in [5, 5.41) is 23.2. The first-order valence-electron chi connectivity index (χ1n) is 37.3. The third-order valence-corrected chi connectivity index (χ3v) is 17.9. The van der Waals surface area contributed by atoms with E-state index in [4.69, 9.17) is 4.74 Å². The highest BCUT2D eigenvalue weighted by atomic mass is 16.5. The van der Waals surface area contributed by atoms with E-state index in [0.29, 0.717) is 25.9 Å². The minimum absolute atomic E-state index is 0.0280. The lowest BCUT2D eigenvalue weighted by atomic mass is 10.0. The highest BCUT2D eigenvalue weighted by molar-refractivity contribution is 5.76. The van der Waals surface area contributed by atoms with Crippen molar-refractivity contribution in [2.75, 3.05) is 13.2 Å². The molecule has 0 heterocycles. The molecule has 0 fully saturated rings. The van der Waals surface area contributed by atoms with E-state index in [2.05, 4.69) is 19.2 Å². The number of esters is 1. The normalized spacial score (nSPS) is 12.4. The van der Waals surface area contributed by atoms with Crippen molar-refractivity contribution in [1.82, 2.24) is 5.32 Å². The SMILES string of the molecule is CCCCCCCCCCCCCCCCCC(=O)OCCCCCCCCCCCCCCCCCCCCCCCCCCCCCCCCCCCCCCCCCC(=O)NC(CO)C(O)CCCCCCCCCCC. The molecule has 6 heteroatoms. The zero-order chi connectivity index (χ0) is 57.8. The van der Waals surface area contributed by atoms with Gasteiger partial charge in [-0.15, -0.1) is 0 Å². The largest absolute Gasteiger partial charge is 0.466 e. The first kappa shape index (κ1) is 78.9. The van der Waals surface area contributed by atoms with Gasteiger partial charge >= 0.3 is 5.97 Å². The van der Waals surface area contributed by atoms with E-state index in [-0.39, 0.29) is 18.5 Å². The van der Waals surface area contributed by atoms with Crippen LogP contribution in [0.3, 0.4) is 0 Å². The van der Waals surface area contributed by atoms with Gasteiger partial charge in [0.05, 0.1) is 25.4 Å². The van der Waals surface area contributed by atoms with Crippen molar-refractivity contribution in [3.8, 4) is 0 Å². The number of aliphatic hydroxyl groups is 2. The first-order valence-corrected chi connectivity index (χ1v) is 37.3. The van der Waals surface area contributed by atoms with Gasteiger partial charge in [0, 0.05) is 12.8 Å². The summed E-state index contributed by atoms with van der Waals surface area (Å²) in [6.07, 6.45) is 86.4. The van der Waals surface area contributed by atoms with Gasteiger partial charge < -0.3 is 20.3 Å². The van der Waals surface area contributed by atoms with Crippen LogP contribution in [-0.2, 0) is 14.3 Å². The zero-order valence-corrected chi connectivity index (χ0v) is 54.9. The molecular formula is C74H147NO5. The van der Waals surface area contributed by atoms with Crippen LogP contribution < -0.4 is 5.32 Å². The van der Waals surface area contributed by atoms with Crippen LogP contribution in [0.15, 0.2) is 0 Å². The molecule has 0 spiro atoms. The van der Waals surface area contributed by atoms with E-state index >= 15 is 0 Å². The number of ether oxygens (including phenoxy) is 1. The fourth-order valence-electron chi connectivity index (χ4n) is 12.2. The minimum atomic E-state index is -0.656. The standard InChI is InChI=1S/C74H147NO5/c1-3-5-7-9-11-13-14-15-41-45-48-52-56-60-64-68-74(79)80-69-65-61-57-53-49-46-43-40-38-36-34-32-30-28-26-24-22-20-18-16-17-19-21-23-25-27-29-31-33-35-37-39-42-44-47-51-55-59-63-67-73(78)75-71(70-76)72(77)66-62-58-54-50-12-10-8-6-4-2/h71-72,76-77H,3-70H2,1-2H3,(H,75,78). The minimum Gasteiger partial charge on any atom is -0.466 e. The van der Waals surface area contributed by atoms with Crippen molar-refractivity contribution in [3.63, 3.8) is 0 Å². The lowest BCUT2D eigenvalue weighted by Crippen LogP contribution is -2.45. The Morgan fingerprint density at radius 2 is 0.512 bits per heavy atom. The fourth-order valence-corrected chi connectivity index (χ4v) is 12.2. The number of nitrogens with one attached hydrogen (secondary N) is 1. The van der Waals surface area contributed by atoms with E-state index in [9.17, 15) is 19.8 Å².